The Bertz CT molecular complexity index is 307. The van der Waals surface area contributed by atoms with Gasteiger partial charge in [-0.05, 0) is 48.5 Å². The standard InChI is InChI=1S/C9H14IN3O/c10-8-5-12-13(6-8)7-9(14)1-3-11-4-2-9/h5-6,11,14H,1-4,7H2. The molecule has 0 radical (unpaired) electrons. The van der Waals surface area contributed by atoms with Crippen LogP contribution in [0.3, 0.4) is 0 Å². The molecule has 0 spiro atoms. The lowest BCUT2D eigenvalue weighted by Gasteiger charge is -2.32. The van der Waals surface area contributed by atoms with Gasteiger partial charge in [0.05, 0.1) is 21.9 Å². The number of nitrogens with zero attached hydrogens (tertiary/aromatic N) is 2. The SMILES string of the molecule is OC1(Cn2cc(I)cn2)CCNCC1. The fraction of sp³-hybridized carbons (Fsp3) is 0.667. The Morgan fingerprint density at radius 1 is 1.57 bits per heavy atom. The average Bonchev–Trinajstić information content (AvgIpc) is 2.51. The Balaban J connectivity index is 2.01. The van der Waals surface area contributed by atoms with Crippen molar-refractivity contribution in [3.63, 3.8) is 0 Å². The van der Waals surface area contributed by atoms with Crippen LogP contribution in [0.25, 0.3) is 0 Å². The third-order valence-corrected chi connectivity index (χ3v) is 3.15. The van der Waals surface area contributed by atoms with Gasteiger partial charge in [-0.15, -0.1) is 0 Å². The van der Waals surface area contributed by atoms with E-state index in [4.69, 9.17) is 0 Å². The highest BCUT2D eigenvalue weighted by atomic mass is 127. The molecule has 14 heavy (non-hydrogen) atoms. The van der Waals surface area contributed by atoms with Gasteiger partial charge < -0.3 is 10.4 Å². The molecule has 0 unspecified atom stereocenters. The Morgan fingerprint density at radius 3 is 2.86 bits per heavy atom. The van der Waals surface area contributed by atoms with E-state index < -0.39 is 5.60 Å². The summed E-state index contributed by atoms with van der Waals surface area (Å²) in [5.74, 6) is 0. The van der Waals surface area contributed by atoms with Crippen molar-refractivity contribution in [2.24, 2.45) is 0 Å². The molecule has 0 atom stereocenters. The highest BCUT2D eigenvalue weighted by molar-refractivity contribution is 14.1. The minimum atomic E-state index is -0.569. The van der Waals surface area contributed by atoms with Crippen LogP contribution < -0.4 is 5.32 Å². The van der Waals surface area contributed by atoms with Crippen LogP contribution in [0, 0.1) is 3.57 Å². The monoisotopic (exact) mass is 307 g/mol. The molecule has 1 aliphatic rings. The Kier molecular flexibility index (Phi) is 3.08. The van der Waals surface area contributed by atoms with E-state index in [1.54, 1.807) is 0 Å². The molecule has 4 nitrogen and oxygen atoms in total. The summed E-state index contributed by atoms with van der Waals surface area (Å²) in [5, 5.41) is 17.7. The molecule has 2 N–H and O–H groups in total. The Morgan fingerprint density at radius 2 is 2.29 bits per heavy atom. The topological polar surface area (TPSA) is 50.1 Å². The minimum absolute atomic E-state index is 0.569. The van der Waals surface area contributed by atoms with E-state index in [1.165, 1.54) is 0 Å². The molecule has 5 heteroatoms. The molecule has 0 aromatic carbocycles. The molecule has 0 aliphatic carbocycles. The van der Waals surface area contributed by atoms with Crippen molar-refractivity contribution in [1.82, 2.24) is 15.1 Å². The van der Waals surface area contributed by atoms with Crippen LogP contribution in [0.5, 0.6) is 0 Å². The minimum Gasteiger partial charge on any atom is -0.388 e. The molecule has 2 heterocycles. The predicted molar refractivity (Wildman–Crippen MR) is 62.0 cm³/mol. The van der Waals surface area contributed by atoms with E-state index in [0.29, 0.717) is 6.54 Å². The van der Waals surface area contributed by atoms with Gasteiger partial charge in [-0.3, -0.25) is 4.68 Å². The fourth-order valence-corrected chi connectivity index (χ4v) is 2.22. The molecular formula is C9H14IN3O. The van der Waals surface area contributed by atoms with Crippen molar-refractivity contribution in [2.75, 3.05) is 13.1 Å². The molecular weight excluding hydrogens is 293 g/mol. The summed E-state index contributed by atoms with van der Waals surface area (Å²) in [7, 11) is 0. The fourth-order valence-electron chi connectivity index (χ4n) is 1.78. The highest BCUT2D eigenvalue weighted by Gasteiger charge is 2.29. The molecule has 0 amide bonds. The zero-order valence-electron chi connectivity index (χ0n) is 7.91. The van der Waals surface area contributed by atoms with Crippen LogP contribution in [0.1, 0.15) is 12.8 Å². The number of hydrogen-bond donors (Lipinski definition) is 2. The third-order valence-electron chi connectivity index (χ3n) is 2.59. The van der Waals surface area contributed by atoms with Crippen molar-refractivity contribution in [1.29, 1.82) is 0 Å². The normalized spacial score (nSPS) is 21.0. The lowest BCUT2D eigenvalue weighted by molar-refractivity contribution is -0.00824. The molecule has 1 fully saturated rings. The molecule has 1 aliphatic heterocycles. The van der Waals surface area contributed by atoms with Crippen molar-refractivity contribution < 1.29 is 5.11 Å². The van der Waals surface area contributed by atoms with Gasteiger partial charge in [0.15, 0.2) is 0 Å². The first-order valence-corrected chi connectivity index (χ1v) is 5.87. The zero-order chi connectivity index (χ0) is 10.0. The van der Waals surface area contributed by atoms with Gasteiger partial charge in [0.2, 0.25) is 0 Å². The van der Waals surface area contributed by atoms with Crippen LogP contribution in [0.15, 0.2) is 12.4 Å². The van der Waals surface area contributed by atoms with Crippen molar-refractivity contribution in [3.8, 4) is 0 Å². The molecule has 1 aromatic heterocycles. The Labute approximate surface area is 96.8 Å². The summed E-state index contributed by atoms with van der Waals surface area (Å²) in [6.45, 7) is 2.40. The second-order valence-electron chi connectivity index (χ2n) is 3.83. The van der Waals surface area contributed by atoms with Gasteiger partial charge in [-0.25, -0.2) is 0 Å². The maximum Gasteiger partial charge on any atom is 0.0866 e. The predicted octanol–water partition coefficient (Wildman–Crippen LogP) is 0.602. The summed E-state index contributed by atoms with van der Waals surface area (Å²) < 4.78 is 2.94. The number of rotatable bonds is 2. The quantitative estimate of drug-likeness (QED) is 0.787. The smallest absolute Gasteiger partial charge is 0.0866 e. The Hall–Kier alpha value is -0.140. The lowest BCUT2D eigenvalue weighted by Crippen LogP contribution is -2.44. The second-order valence-corrected chi connectivity index (χ2v) is 5.08. The first kappa shape index (κ1) is 10.4. The van der Waals surface area contributed by atoms with E-state index in [0.717, 1.165) is 29.5 Å². The van der Waals surface area contributed by atoms with Crippen molar-refractivity contribution in [3.05, 3.63) is 16.0 Å². The summed E-state index contributed by atoms with van der Waals surface area (Å²) in [6, 6.07) is 0. The van der Waals surface area contributed by atoms with Gasteiger partial charge in [0.1, 0.15) is 0 Å². The van der Waals surface area contributed by atoms with Gasteiger partial charge in [-0.2, -0.15) is 5.10 Å². The molecule has 0 bridgehead atoms. The number of aliphatic hydroxyl groups is 1. The summed E-state index contributed by atoms with van der Waals surface area (Å²) >= 11 is 2.22. The maximum absolute atomic E-state index is 10.2. The van der Waals surface area contributed by atoms with E-state index >= 15 is 0 Å². The zero-order valence-corrected chi connectivity index (χ0v) is 10.1. The lowest BCUT2D eigenvalue weighted by atomic mass is 9.92. The molecule has 1 aromatic rings. The summed E-state index contributed by atoms with van der Waals surface area (Å²) in [5.41, 5.74) is -0.569. The van der Waals surface area contributed by atoms with Gasteiger partial charge in [0, 0.05) is 6.20 Å². The first-order valence-electron chi connectivity index (χ1n) is 4.79. The van der Waals surface area contributed by atoms with Crippen LogP contribution in [-0.2, 0) is 6.54 Å². The van der Waals surface area contributed by atoms with E-state index in [-0.39, 0.29) is 0 Å². The van der Waals surface area contributed by atoms with Gasteiger partial charge >= 0.3 is 0 Å². The average molecular weight is 307 g/mol. The summed E-state index contributed by atoms with van der Waals surface area (Å²) in [6.07, 6.45) is 5.39. The van der Waals surface area contributed by atoms with E-state index in [9.17, 15) is 5.11 Å². The second kappa shape index (κ2) is 4.16. The molecule has 2 rings (SSSR count). The highest BCUT2D eigenvalue weighted by Crippen LogP contribution is 2.20. The van der Waals surface area contributed by atoms with Crippen LogP contribution in [0.2, 0.25) is 0 Å². The number of piperidine rings is 1. The molecule has 0 saturated carbocycles. The summed E-state index contributed by atoms with van der Waals surface area (Å²) in [4.78, 5) is 0. The molecule has 1 saturated heterocycles. The molecule has 78 valence electrons. The maximum atomic E-state index is 10.2. The van der Waals surface area contributed by atoms with Crippen LogP contribution >= 0.6 is 22.6 Å². The van der Waals surface area contributed by atoms with Crippen molar-refractivity contribution in [2.45, 2.75) is 25.0 Å². The number of nitrogens with one attached hydrogen (secondary N) is 1. The number of aromatic nitrogens is 2. The third kappa shape index (κ3) is 2.46. The van der Waals surface area contributed by atoms with E-state index in [2.05, 4.69) is 33.0 Å². The van der Waals surface area contributed by atoms with Crippen LogP contribution in [0.4, 0.5) is 0 Å². The largest absolute Gasteiger partial charge is 0.388 e. The van der Waals surface area contributed by atoms with Gasteiger partial charge in [0.25, 0.3) is 0 Å². The van der Waals surface area contributed by atoms with Gasteiger partial charge in [-0.1, -0.05) is 0 Å². The number of hydrogen-bond acceptors (Lipinski definition) is 3. The number of halogens is 1. The first-order chi connectivity index (χ1) is 6.68. The van der Waals surface area contributed by atoms with Crippen molar-refractivity contribution >= 4 is 22.6 Å². The van der Waals surface area contributed by atoms with E-state index in [1.807, 2.05) is 17.1 Å². The van der Waals surface area contributed by atoms with Crippen LogP contribution in [-0.4, -0.2) is 33.6 Å².